The molecule has 7 heteroatoms. The van der Waals surface area contributed by atoms with E-state index < -0.39 is 24.5 Å². The Morgan fingerprint density at radius 2 is 1.68 bits per heavy atom. The zero-order valence-electron chi connectivity index (χ0n) is 13.3. The normalized spacial score (nSPS) is 13.3. The topological polar surface area (TPSA) is 84.9 Å². The maximum Gasteiger partial charge on any atom is 0.338 e. The number of ether oxygens (including phenoxy) is 2. The lowest BCUT2D eigenvalue weighted by molar-refractivity contribution is -0.130. The number of benzene rings is 2. The Morgan fingerprint density at radius 3 is 2.32 bits per heavy atom. The van der Waals surface area contributed by atoms with E-state index in [0.29, 0.717) is 23.6 Å². The van der Waals surface area contributed by atoms with Crippen molar-refractivity contribution >= 4 is 17.9 Å². The van der Waals surface area contributed by atoms with Crippen molar-refractivity contribution in [2.75, 3.05) is 19.7 Å². The van der Waals surface area contributed by atoms with Crippen LogP contribution < -0.4 is 10.1 Å². The number of imide groups is 1. The van der Waals surface area contributed by atoms with Crippen molar-refractivity contribution in [2.45, 2.75) is 0 Å². The highest BCUT2D eigenvalue weighted by Crippen LogP contribution is 2.21. The first-order valence-electron chi connectivity index (χ1n) is 7.72. The standard InChI is InChI=1S/C18H16N2O5/c21-16(20-11-10-19-18(20)23)12-24-17(22)13-6-8-15(9-7-13)25-14-4-2-1-3-5-14/h1-9H,10-12H2,(H,19,23). The van der Waals surface area contributed by atoms with Crippen molar-refractivity contribution in [2.24, 2.45) is 0 Å². The second-order valence-corrected chi connectivity index (χ2v) is 5.29. The van der Waals surface area contributed by atoms with Gasteiger partial charge in [-0.25, -0.2) is 9.59 Å². The van der Waals surface area contributed by atoms with Crippen LogP contribution in [0.3, 0.4) is 0 Å². The SMILES string of the molecule is O=C(OCC(=O)N1CCNC1=O)c1ccc(Oc2ccccc2)cc1. The molecule has 0 unspecified atom stereocenters. The van der Waals surface area contributed by atoms with Gasteiger partial charge in [0.2, 0.25) is 0 Å². The molecule has 3 rings (SSSR count). The summed E-state index contributed by atoms with van der Waals surface area (Å²) in [5.74, 6) is 0.0754. The van der Waals surface area contributed by atoms with Gasteiger partial charge in [-0.1, -0.05) is 18.2 Å². The van der Waals surface area contributed by atoms with Gasteiger partial charge in [0.1, 0.15) is 11.5 Å². The van der Waals surface area contributed by atoms with E-state index >= 15 is 0 Å². The number of hydrogen-bond acceptors (Lipinski definition) is 5. The van der Waals surface area contributed by atoms with Crippen molar-refractivity contribution < 1.29 is 23.9 Å². The summed E-state index contributed by atoms with van der Waals surface area (Å²) in [7, 11) is 0. The molecular weight excluding hydrogens is 324 g/mol. The molecule has 7 nitrogen and oxygen atoms in total. The molecule has 0 saturated carbocycles. The van der Waals surface area contributed by atoms with Crippen LogP contribution in [0.2, 0.25) is 0 Å². The van der Waals surface area contributed by atoms with Gasteiger partial charge in [0.25, 0.3) is 5.91 Å². The third-order valence-corrected chi connectivity index (χ3v) is 3.55. The number of para-hydroxylation sites is 1. The Kier molecular flexibility index (Phi) is 4.94. The highest BCUT2D eigenvalue weighted by Gasteiger charge is 2.26. The molecular formula is C18H16N2O5. The molecule has 1 saturated heterocycles. The van der Waals surface area contributed by atoms with E-state index in [1.807, 2.05) is 30.3 Å². The zero-order valence-corrected chi connectivity index (χ0v) is 13.3. The molecule has 0 radical (unpaired) electrons. The average molecular weight is 340 g/mol. The fourth-order valence-electron chi connectivity index (χ4n) is 2.28. The number of carbonyl (C=O) groups excluding carboxylic acids is 3. The Bertz CT molecular complexity index is 774. The Hall–Kier alpha value is -3.35. The lowest BCUT2D eigenvalue weighted by Crippen LogP contribution is -2.37. The maximum absolute atomic E-state index is 12.0. The lowest BCUT2D eigenvalue weighted by atomic mass is 10.2. The van der Waals surface area contributed by atoms with Gasteiger partial charge in [-0.05, 0) is 36.4 Å². The molecule has 0 spiro atoms. The van der Waals surface area contributed by atoms with Gasteiger partial charge >= 0.3 is 12.0 Å². The van der Waals surface area contributed by atoms with E-state index in [4.69, 9.17) is 9.47 Å². The molecule has 1 N–H and O–H groups in total. The molecule has 128 valence electrons. The minimum Gasteiger partial charge on any atom is -0.457 e. The number of amides is 3. The van der Waals surface area contributed by atoms with Gasteiger partial charge in [-0.2, -0.15) is 0 Å². The summed E-state index contributed by atoms with van der Waals surface area (Å²) in [6, 6.07) is 15.2. The molecule has 0 aromatic heterocycles. The molecule has 0 atom stereocenters. The van der Waals surface area contributed by atoms with E-state index in [-0.39, 0.29) is 6.54 Å². The first-order chi connectivity index (χ1) is 12.1. The van der Waals surface area contributed by atoms with E-state index in [9.17, 15) is 14.4 Å². The molecule has 25 heavy (non-hydrogen) atoms. The van der Waals surface area contributed by atoms with Crippen LogP contribution in [-0.4, -0.2) is 42.5 Å². The minimum absolute atomic E-state index is 0.279. The van der Waals surface area contributed by atoms with Gasteiger partial charge in [0, 0.05) is 13.1 Å². The number of carbonyl (C=O) groups is 3. The van der Waals surface area contributed by atoms with E-state index in [1.165, 1.54) is 0 Å². The second kappa shape index (κ2) is 7.48. The number of hydrogen-bond donors (Lipinski definition) is 1. The summed E-state index contributed by atoms with van der Waals surface area (Å²) < 4.78 is 10.6. The van der Waals surface area contributed by atoms with Gasteiger partial charge in [0.15, 0.2) is 6.61 Å². The van der Waals surface area contributed by atoms with Crippen molar-refractivity contribution in [3.8, 4) is 11.5 Å². The summed E-state index contributed by atoms with van der Waals surface area (Å²) in [5.41, 5.74) is 0.291. The van der Waals surface area contributed by atoms with Crippen LogP contribution in [0.1, 0.15) is 10.4 Å². The predicted molar refractivity (Wildman–Crippen MR) is 88.4 cm³/mol. The molecule has 2 aromatic rings. The zero-order chi connectivity index (χ0) is 17.6. The number of nitrogens with one attached hydrogen (secondary N) is 1. The molecule has 1 heterocycles. The largest absolute Gasteiger partial charge is 0.457 e. The van der Waals surface area contributed by atoms with E-state index in [2.05, 4.69) is 5.32 Å². The van der Waals surface area contributed by atoms with E-state index in [1.54, 1.807) is 24.3 Å². The van der Waals surface area contributed by atoms with Crippen molar-refractivity contribution in [1.29, 1.82) is 0 Å². The Morgan fingerprint density at radius 1 is 1.00 bits per heavy atom. The summed E-state index contributed by atoms with van der Waals surface area (Å²) >= 11 is 0. The molecule has 1 aliphatic heterocycles. The highest BCUT2D eigenvalue weighted by atomic mass is 16.5. The van der Waals surface area contributed by atoms with E-state index in [0.717, 1.165) is 4.90 Å². The number of urea groups is 1. The van der Waals surface area contributed by atoms with Gasteiger partial charge in [-0.15, -0.1) is 0 Å². The minimum atomic E-state index is -0.640. The lowest BCUT2D eigenvalue weighted by Gasteiger charge is -2.12. The van der Waals surface area contributed by atoms with Crippen LogP contribution in [0, 0.1) is 0 Å². The van der Waals surface area contributed by atoms with Crippen molar-refractivity contribution in [1.82, 2.24) is 10.2 Å². The number of esters is 1. The second-order valence-electron chi connectivity index (χ2n) is 5.29. The summed E-state index contributed by atoms with van der Waals surface area (Å²) in [6.45, 7) is 0.205. The molecule has 2 aromatic carbocycles. The maximum atomic E-state index is 12.0. The first-order valence-corrected chi connectivity index (χ1v) is 7.72. The first kappa shape index (κ1) is 16.5. The molecule has 0 bridgehead atoms. The van der Waals surface area contributed by atoms with Crippen molar-refractivity contribution in [3.63, 3.8) is 0 Å². The fourth-order valence-corrected chi connectivity index (χ4v) is 2.28. The quantitative estimate of drug-likeness (QED) is 0.844. The summed E-state index contributed by atoms with van der Waals surface area (Å²) in [6.07, 6.45) is 0. The van der Waals surface area contributed by atoms with Gasteiger partial charge in [0.05, 0.1) is 5.56 Å². The summed E-state index contributed by atoms with van der Waals surface area (Å²) in [4.78, 5) is 36.2. The number of rotatable bonds is 5. The highest BCUT2D eigenvalue weighted by molar-refractivity contribution is 5.98. The Labute approximate surface area is 144 Å². The summed E-state index contributed by atoms with van der Waals surface area (Å²) in [5, 5.41) is 2.51. The third-order valence-electron chi connectivity index (χ3n) is 3.55. The fraction of sp³-hybridized carbons (Fsp3) is 0.167. The molecule has 1 fully saturated rings. The molecule has 3 amide bonds. The van der Waals surface area contributed by atoms with Gasteiger partial charge < -0.3 is 14.8 Å². The Balaban J connectivity index is 1.54. The van der Waals surface area contributed by atoms with Crippen molar-refractivity contribution in [3.05, 3.63) is 60.2 Å². The van der Waals surface area contributed by atoms with Crippen LogP contribution in [0.25, 0.3) is 0 Å². The van der Waals surface area contributed by atoms with Crippen LogP contribution in [0.5, 0.6) is 11.5 Å². The van der Waals surface area contributed by atoms with Crippen LogP contribution in [-0.2, 0) is 9.53 Å². The molecule has 0 aliphatic carbocycles. The third kappa shape index (κ3) is 4.14. The predicted octanol–water partition coefficient (Wildman–Crippen LogP) is 2.19. The van der Waals surface area contributed by atoms with Crippen LogP contribution in [0.4, 0.5) is 4.79 Å². The average Bonchev–Trinajstić information content (AvgIpc) is 3.07. The smallest absolute Gasteiger partial charge is 0.338 e. The van der Waals surface area contributed by atoms with Crippen LogP contribution in [0.15, 0.2) is 54.6 Å². The molecule has 1 aliphatic rings. The van der Waals surface area contributed by atoms with Crippen LogP contribution >= 0.6 is 0 Å². The monoisotopic (exact) mass is 340 g/mol. The van der Waals surface area contributed by atoms with Gasteiger partial charge in [-0.3, -0.25) is 9.69 Å². The number of nitrogens with zero attached hydrogens (tertiary/aromatic N) is 1.